The van der Waals surface area contributed by atoms with E-state index in [0.717, 1.165) is 11.1 Å². The Hall–Kier alpha value is -2.91. The van der Waals surface area contributed by atoms with E-state index >= 15 is 0 Å². The van der Waals surface area contributed by atoms with Gasteiger partial charge in [0.1, 0.15) is 23.4 Å². The van der Waals surface area contributed by atoms with E-state index in [-0.39, 0.29) is 36.7 Å². The second kappa shape index (κ2) is 12.7. The van der Waals surface area contributed by atoms with E-state index in [9.17, 15) is 24.6 Å². The van der Waals surface area contributed by atoms with Gasteiger partial charge in [-0.05, 0) is 41.9 Å². The Bertz CT molecular complexity index is 1230. The number of hydrogen-bond acceptors (Lipinski definition) is 6. The zero-order valence-corrected chi connectivity index (χ0v) is 21.0. The molecule has 1 aromatic heterocycles. The molecule has 2 aromatic carbocycles. The van der Waals surface area contributed by atoms with Crippen LogP contribution in [0.1, 0.15) is 25.0 Å². The summed E-state index contributed by atoms with van der Waals surface area (Å²) in [5.74, 6) is -2.73. The summed E-state index contributed by atoms with van der Waals surface area (Å²) in [4.78, 5) is 35.7. The first-order valence-electron chi connectivity index (χ1n) is 10.7. The lowest BCUT2D eigenvalue weighted by Crippen LogP contribution is -2.38. The predicted molar refractivity (Wildman–Crippen MR) is 139 cm³/mol. The van der Waals surface area contributed by atoms with Gasteiger partial charge >= 0.3 is 11.9 Å². The molecule has 0 aliphatic rings. The van der Waals surface area contributed by atoms with Gasteiger partial charge in [0.05, 0.1) is 5.39 Å². The summed E-state index contributed by atoms with van der Waals surface area (Å²) < 4.78 is 6.20. The van der Waals surface area contributed by atoms with Gasteiger partial charge in [-0.3, -0.25) is 14.4 Å². The van der Waals surface area contributed by atoms with Crippen molar-refractivity contribution in [3.05, 3.63) is 69.9 Å². The van der Waals surface area contributed by atoms with Crippen molar-refractivity contribution in [1.82, 2.24) is 0 Å². The molecule has 35 heavy (non-hydrogen) atoms. The highest BCUT2D eigenvalue weighted by Crippen LogP contribution is 2.30. The molecular formula is C25H30Cl2N2O6. The lowest BCUT2D eigenvalue weighted by atomic mass is 9.86. The van der Waals surface area contributed by atoms with Crippen molar-refractivity contribution >= 4 is 47.7 Å². The molecule has 4 atom stereocenters. The largest absolute Gasteiger partial charge is 0.480 e. The fourth-order valence-electron chi connectivity index (χ4n) is 3.88. The molecule has 3 aromatic rings. The summed E-state index contributed by atoms with van der Waals surface area (Å²) >= 11 is 0. The molecule has 0 amide bonds. The van der Waals surface area contributed by atoms with E-state index in [1.54, 1.807) is 26.0 Å². The maximum atomic E-state index is 12.9. The van der Waals surface area contributed by atoms with Crippen molar-refractivity contribution in [3.63, 3.8) is 0 Å². The number of fused-ring (bicyclic) bond motifs is 1. The molecule has 6 N–H and O–H groups in total. The normalized spacial score (nSPS) is 14.2. The lowest BCUT2D eigenvalue weighted by molar-refractivity contribution is -0.140. The molecule has 0 fully saturated rings. The Morgan fingerprint density at radius 3 is 1.97 bits per heavy atom. The van der Waals surface area contributed by atoms with Crippen molar-refractivity contribution in [3.8, 4) is 11.3 Å². The van der Waals surface area contributed by atoms with E-state index < -0.39 is 35.9 Å². The molecule has 3 rings (SSSR count). The van der Waals surface area contributed by atoms with E-state index in [1.165, 1.54) is 6.07 Å². The number of carboxylic acid groups (broad SMARTS) is 2. The van der Waals surface area contributed by atoms with Gasteiger partial charge in [0.2, 0.25) is 0 Å². The monoisotopic (exact) mass is 524 g/mol. The fraction of sp³-hybridized carbons (Fsp3) is 0.320. The highest BCUT2D eigenvalue weighted by molar-refractivity contribution is 5.86. The minimum atomic E-state index is -1.13. The number of nitrogens with two attached hydrogens (primary N) is 2. The van der Waals surface area contributed by atoms with Crippen LogP contribution in [0, 0.1) is 11.8 Å². The highest BCUT2D eigenvalue weighted by Gasteiger charge is 2.26. The number of hydrogen-bond donors (Lipinski definition) is 4. The van der Waals surface area contributed by atoms with Crippen LogP contribution in [0.25, 0.3) is 22.3 Å². The van der Waals surface area contributed by atoms with Crippen LogP contribution in [0.2, 0.25) is 0 Å². The van der Waals surface area contributed by atoms with Crippen LogP contribution < -0.4 is 16.9 Å². The van der Waals surface area contributed by atoms with Crippen molar-refractivity contribution < 1.29 is 24.2 Å². The van der Waals surface area contributed by atoms with Crippen LogP contribution in [0.3, 0.4) is 0 Å². The van der Waals surface area contributed by atoms with Crippen molar-refractivity contribution in [2.45, 2.75) is 38.8 Å². The number of rotatable bonds is 9. The number of carbonyl (C=O) groups is 2. The quantitative estimate of drug-likeness (QED) is 0.331. The average Bonchev–Trinajstić information content (AvgIpc) is 2.79. The van der Waals surface area contributed by atoms with E-state index in [0.29, 0.717) is 28.7 Å². The summed E-state index contributed by atoms with van der Waals surface area (Å²) in [6.45, 7) is 3.45. The molecule has 0 saturated carbocycles. The molecular weight excluding hydrogens is 495 g/mol. The van der Waals surface area contributed by atoms with Crippen molar-refractivity contribution in [2.24, 2.45) is 23.3 Å². The van der Waals surface area contributed by atoms with Crippen molar-refractivity contribution in [1.29, 1.82) is 0 Å². The van der Waals surface area contributed by atoms with Crippen LogP contribution in [-0.2, 0) is 22.4 Å². The summed E-state index contributed by atoms with van der Waals surface area (Å²) in [5.41, 5.74) is 13.9. The maximum absolute atomic E-state index is 12.9. The summed E-state index contributed by atoms with van der Waals surface area (Å²) in [7, 11) is 0. The van der Waals surface area contributed by atoms with Crippen LogP contribution in [0.15, 0.2) is 57.7 Å². The molecule has 0 aliphatic heterocycles. The van der Waals surface area contributed by atoms with Gasteiger partial charge < -0.3 is 26.1 Å². The van der Waals surface area contributed by atoms with Gasteiger partial charge in [-0.2, -0.15) is 0 Å². The maximum Gasteiger partial charge on any atom is 0.320 e. The minimum Gasteiger partial charge on any atom is -0.480 e. The van der Waals surface area contributed by atoms with Gasteiger partial charge in [0, 0.05) is 11.6 Å². The molecule has 0 aliphatic carbocycles. The Morgan fingerprint density at radius 1 is 0.886 bits per heavy atom. The smallest absolute Gasteiger partial charge is 0.320 e. The fourth-order valence-corrected chi connectivity index (χ4v) is 3.88. The van der Waals surface area contributed by atoms with Gasteiger partial charge in [-0.1, -0.05) is 50.2 Å². The number of aliphatic carboxylic acids is 2. The topological polar surface area (TPSA) is 157 Å². The highest BCUT2D eigenvalue weighted by atomic mass is 35.5. The first-order valence-corrected chi connectivity index (χ1v) is 10.7. The molecule has 0 radical (unpaired) electrons. The Labute approximate surface area is 215 Å². The van der Waals surface area contributed by atoms with Gasteiger partial charge in [-0.25, -0.2) is 0 Å². The summed E-state index contributed by atoms with van der Waals surface area (Å²) in [6, 6.07) is 11.8. The molecule has 1 heterocycles. The van der Waals surface area contributed by atoms with Gasteiger partial charge in [0.25, 0.3) is 0 Å². The van der Waals surface area contributed by atoms with Crippen molar-refractivity contribution in [2.75, 3.05) is 0 Å². The third kappa shape index (κ3) is 6.82. The Morgan fingerprint density at radius 2 is 1.43 bits per heavy atom. The average molecular weight is 525 g/mol. The molecule has 3 unspecified atom stereocenters. The van der Waals surface area contributed by atoms with Crippen LogP contribution >= 0.6 is 24.8 Å². The summed E-state index contributed by atoms with van der Waals surface area (Å²) in [5, 5.41) is 19.0. The zero-order valence-electron chi connectivity index (χ0n) is 19.3. The third-order valence-electron chi connectivity index (χ3n) is 6.02. The summed E-state index contributed by atoms with van der Waals surface area (Å²) in [6.07, 6.45) is 0.545. The van der Waals surface area contributed by atoms with Crippen LogP contribution in [0.5, 0.6) is 0 Å². The molecule has 0 bridgehead atoms. The Kier molecular flexibility index (Phi) is 10.9. The van der Waals surface area contributed by atoms with E-state index in [4.69, 9.17) is 15.9 Å². The van der Waals surface area contributed by atoms with E-state index in [2.05, 4.69) is 0 Å². The molecule has 0 spiro atoms. The van der Waals surface area contributed by atoms with Gasteiger partial charge in [-0.15, -0.1) is 24.8 Å². The van der Waals surface area contributed by atoms with Crippen LogP contribution in [-0.4, -0.2) is 34.2 Å². The van der Waals surface area contributed by atoms with Gasteiger partial charge in [0.15, 0.2) is 5.43 Å². The molecule has 8 nitrogen and oxygen atoms in total. The second-order valence-electron chi connectivity index (χ2n) is 8.51. The zero-order chi connectivity index (χ0) is 24.3. The standard InChI is InChI=1S/C25H28N2O6.2ClH/c1-13(21(26)24(29)30)10-16-8-9-17-19(28)12-20(15-6-4-3-5-7-15)33-23(17)18(16)11-14(2)22(27)25(31)32;;/h3-9,12-14,21-22H,10-11,26-27H2,1-2H3,(H,29,30)(H,31,32);2*1H/t13?,14?,21-,22?;;/m0../s1. The predicted octanol–water partition coefficient (Wildman–Crippen LogP) is 3.48. The van der Waals surface area contributed by atoms with E-state index in [1.807, 2.05) is 30.3 Å². The number of carboxylic acids is 2. The number of benzene rings is 2. The first kappa shape index (κ1) is 30.1. The molecule has 10 heteroatoms. The molecule has 190 valence electrons. The second-order valence-corrected chi connectivity index (χ2v) is 8.51. The Balaban J connectivity index is 0.00000306. The lowest BCUT2D eigenvalue weighted by Gasteiger charge is -2.22. The number of halogens is 2. The first-order chi connectivity index (χ1) is 15.6. The SMILES string of the molecule is CC(Cc1c(CC(C)[C@H](N)C(=O)O)ccc2c(=O)cc(-c3ccccc3)oc12)C(N)C(=O)O.Cl.Cl. The minimum absolute atomic E-state index is 0. The van der Waals surface area contributed by atoms with Crippen LogP contribution in [0.4, 0.5) is 0 Å². The third-order valence-corrected chi connectivity index (χ3v) is 6.02. The molecule has 0 saturated heterocycles.